The molecule has 0 aliphatic carbocycles. The van der Waals surface area contributed by atoms with Crippen LogP contribution < -0.4 is 5.32 Å². The van der Waals surface area contributed by atoms with Gasteiger partial charge in [0, 0.05) is 49.4 Å². The summed E-state index contributed by atoms with van der Waals surface area (Å²) in [5.74, 6) is -0.868. The lowest BCUT2D eigenvalue weighted by Gasteiger charge is -2.29. The fourth-order valence-corrected chi connectivity index (χ4v) is 4.44. The predicted molar refractivity (Wildman–Crippen MR) is 112 cm³/mol. The molecule has 1 fully saturated rings. The summed E-state index contributed by atoms with van der Waals surface area (Å²) in [6, 6.07) is 5.10. The lowest BCUT2D eigenvalue weighted by Crippen LogP contribution is -2.52. The fraction of sp³-hybridized carbons (Fsp3) is 0.318. The van der Waals surface area contributed by atoms with Gasteiger partial charge in [0.2, 0.25) is 11.8 Å². The molecule has 1 atom stereocenters. The van der Waals surface area contributed by atoms with Crippen molar-refractivity contribution in [3.63, 3.8) is 0 Å². The Hall–Kier alpha value is -3.75. The van der Waals surface area contributed by atoms with Crippen LogP contribution in [0.15, 0.2) is 30.6 Å². The van der Waals surface area contributed by atoms with Gasteiger partial charge in [-0.05, 0) is 36.6 Å². The highest BCUT2D eigenvalue weighted by Crippen LogP contribution is 2.36. The van der Waals surface area contributed by atoms with Crippen LogP contribution in [0.2, 0.25) is 0 Å². The van der Waals surface area contributed by atoms with Crippen molar-refractivity contribution in [1.29, 1.82) is 0 Å². The van der Waals surface area contributed by atoms with Gasteiger partial charge in [-0.2, -0.15) is 10.2 Å². The van der Waals surface area contributed by atoms with Gasteiger partial charge >= 0.3 is 0 Å². The number of nitrogens with zero attached hydrogens (tertiary/aromatic N) is 5. The Morgan fingerprint density at radius 2 is 1.74 bits per heavy atom. The number of aromatic nitrogens is 4. The van der Waals surface area contributed by atoms with Crippen molar-refractivity contribution in [2.24, 2.45) is 14.1 Å². The van der Waals surface area contributed by atoms with E-state index in [9.17, 15) is 14.4 Å². The van der Waals surface area contributed by atoms with Crippen LogP contribution in [0.25, 0.3) is 22.4 Å². The van der Waals surface area contributed by atoms with Crippen LogP contribution in [0.5, 0.6) is 0 Å². The molecular weight excluding hydrogens is 396 g/mol. The number of carbonyl (C=O) groups excluding carboxylic acids is 3. The third-order valence-corrected chi connectivity index (χ3v) is 6.26. The molecule has 5 rings (SSSR count). The van der Waals surface area contributed by atoms with Gasteiger partial charge in [0.15, 0.2) is 0 Å². The maximum atomic E-state index is 12.9. The molecule has 2 aliphatic rings. The monoisotopic (exact) mass is 418 g/mol. The molecule has 9 nitrogen and oxygen atoms in total. The molecule has 9 heteroatoms. The number of piperidine rings is 1. The fourth-order valence-electron chi connectivity index (χ4n) is 4.44. The average molecular weight is 418 g/mol. The van der Waals surface area contributed by atoms with Crippen LogP contribution in [0.4, 0.5) is 0 Å². The highest BCUT2D eigenvalue weighted by Gasteiger charge is 2.39. The second-order valence-electron chi connectivity index (χ2n) is 8.07. The molecule has 4 heterocycles. The van der Waals surface area contributed by atoms with E-state index in [0.717, 1.165) is 33.6 Å². The number of aryl methyl sites for hydroxylation is 2. The van der Waals surface area contributed by atoms with Crippen LogP contribution >= 0.6 is 0 Å². The van der Waals surface area contributed by atoms with Crippen molar-refractivity contribution in [2.45, 2.75) is 32.4 Å². The zero-order valence-electron chi connectivity index (χ0n) is 17.5. The standard InChI is InChI=1S/C22H22N6O3/c1-12-16(9-23-26(12)2)20-17(10-24-27(20)3)13-4-5-15-14(8-13)11-28(22(15)31)18-6-7-19(29)25-21(18)30/h4-5,8-10,18H,6-7,11H2,1-3H3,(H,25,29,30). The third-order valence-electron chi connectivity index (χ3n) is 6.26. The van der Waals surface area contributed by atoms with E-state index in [-0.39, 0.29) is 18.2 Å². The number of hydrogen-bond donors (Lipinski definition) is 1. The predicted octanol–water partition coefficient (Wildman–Crippen LogP) is 1.56. The Bertz CT molecular complexity index is 1250. The molecule has 1 aromatic carbocycles. The lowest BCUT2D eigenvalue weighted by atomic mass is 9.98. The number of nitrogens with one attached hydrogen (secondary N) is 1. The van der Waals surface area contributed by atoms with Crippen LogP contribution in [0.3, 0.4) is 0 Å². The minimum absolute atomic E-state index is 0.175. The average Bonchev–Trinajstić information content (AvgIpc) is 3.38. The highest BCUT2D eigenvalue weighted by molar-refractivity contribution is 6.05. The van der Waals surface area contributed by atoms with E-state index < -0.39 is 11.9 Å². The summed E-state index contributed by atoms with van der Waals surface area (Å²) in [6.45, 7) is 2.36. The molecule has 3 amide bonds. The van der Waals surface area contributed by atoms with Crippen LogP contribution in [-0.2, 0) is 30.2 Å². The first-order chi connectivity index (χ1) is 14.8. The Balaban J connectivity index is 1.50. The van der Waals surface area contributed by atoms with Crippen LogP contribution in [-0.4, -0.2) is 48.2 Å². The van der Waals surface area contributed by atoms with Crippen molar-refractivity contribution in [3.05, 3.63) is 47.4 Å². The maximum absolute atomic E-state index is 12.9. The summed E-state index contributed by atoms with van der Waals surface area (Å²) in [5, 5.41) is 11.1. The van der Waals surface area contributed by atoms with Crippen molar-refractivity contribution in [1.82, 2.24) is 29.8 Å². The van der Waals surface area contributed by atoms with Crippen LogP contribution in [0, 0.1) is 6.92 Å². The van der Waals surface area contributed by atoms with Gasteiger partial charge in [0.1, 0.15) is 6.04 Å². The number of amides is 3. The molecule has 1 unspecified atom stereocenters. The van der Waals surface area contributed by atoms with Crippen molar-refractivity contribution >= 4 is 17.7 Å². The number of carbonyl (C=O) groups is 3. The molecule has 1 saturated heterocycles. The van der Waals surface area contributed by atoms with Gasteiger partial charge < -0.3 is 4.90 Å². The molecule has 2 aliphatic heterocycles. The van der Waals surface area contributed by atoms with Gasteiger partial charge in [-0.1, -0.05) is 6.07 Å². The molecule has 0 radical (unpaired) electrons. The second-order valence-corrected chi connectivity index (χ2v) is 8.07. The summed E-state index contributed by atoms with van der Waals surface area (Å²) in [7, 11) is 3.80. The molecule has 158 valence electrons. The van der Waals surface area contributed by atoms with E-state index in [1.54, 1.807) is 4.90 Å². The van der Waals surface area contributed by atoms with Gasteiger partial charge in [-0.25, -0.2) is 0 Å². The molecule has 0 saturated carbocycles. The largest absolute Gasteiger partial charge is 0.322 e. The van der Waals surface area contributed by atoms with E-state index in [4.69, 9.17) is 0 Å². The molecule has 0 spiro atoms. The molecule has 1 N–H and O–H groups in total. The normalized spacial score (nSPS) is 18.5. The molecule has 2 aromatic heterocycles. The number of benzene rings is 1. The number of fused-ring (bicyclic) bond motifs is 1. The number of hydrogen-bond acceptors (Lipinski definition) is 5. The Labute approximate surface area is 178 Å². The summed E-state index contributed by atoms with van der Waals surface area (Å²) >= 11 is 0. The lowest BCUT2D eigenvalue weighted by molar-refractivity contribution is -0.136. The summed E-state index contributed by atoms with van der Waals surface area (Å²) in [4.78, 5) is 38.2. The summed E-state index contributed by atoms with van der Waals surface area (Å²) in [6.07, 6.45) is 4.24. The van der Waals surface area contributed by atoms with E-state index in [1.165, 1.54) is 0 Å². The van der Waals surface area contributed by atoms with Gasteiger partial charge in [-0.15, -0.1) is 0 Å². The first-order valence-electron chi connectivity index (χ1n) is 10.1. The number of rotatable bonds is 3. The number of imide groups is 1. The minimum atomic E-state index is -0.618. The Morgan fingerprint density at radius 1 is 1.00 bits per heavy atom. The zero-order valence-corrected chi connectivity index (χ0v) is 17.5. The topological polar surface area (TPSA) is 102 Å². The van der Waals surface area contributed by atoms with Crippen molar-refractivity contribution < 1.29 is 14.4 Å². The highest BCUT2D eigenvalue weighted by atomic mass is 16.2. The van der Waals surface area contributed by atoms with Crippen LogP contribution in [0.1, 0.15) is 34.5 Å². The first kappa shape index (κ1) is 19.2. The molecule has 3 aromatic rings. The summed E-state index contributed by atoms with van der Waals surface area (Å²) < 4.78 is 3.65. The molecule has 0 bridgehead atoms. The van der Waals surface area contributed by atoms with Crippen molar-refractivity contribution in [2.75, 3.05) is 0 Å². The van der Waals surface area contributed by atoms with E-state index in [1.807, 2.05) is 61.0 Å². The first-order valence-corrected chi connectivity index (χ1v) is 10.1. The summed E-state index contributed by atoms with van der Waals surface area (Å²) in [5.41, 5.74) is 6.35. The second kappa shape index (κ2) is 6.90. The van der Waals surface area contributed by atoms with E-state index >= 15 is 0 Å². The van der Waals surface area contributed by atoms with E-state index in [0.29, 0.717) is 18.5 Å². The zero-order chi connectivity index (χ0) is 21.9. The molecular formula is C22H22N6O3. The van der Waals surface area contributed by atoms with Gasteiger partial charge in [0.05, 0.1) is 18.1 Å². The van der Waals surface area contributed by atoms with Crippen molar-refractivity contribution in [3.8, 4) is 22.4 Å². The Morgan fingerprint density at radius 3 is 2.45 bits per heavy atom. The Kier molecular flexibility index (Phi) is 4.28. The quantitative estimate of drug-likeness (QED) is 0.651. The molecule has 31 heavy (non-hydrogen) atoms. The van der Waals surface area contributed by atoms with Gasteiger partial charge in [-0.3, -0.25) is 29.1 Å². The SMILES string of the molecule is Cc1c(-c2c(-c3ccc4c(c3)CN(C3CCC(=O)NC3=O)C4=O)cnn2C)cnn1C. The smallest absolute Gasteiger partial charge is 0.255 e. The van der Waals surface area contributed by atoms with Gasteiger partial charge in [0.25, 0.3) is 5.91 Å². The third kappa shape index (κ3) is 2.96. The van der Waals surface area contributed by atoms with E-state index in [2.05, 4.69) is 15.5 Å². The maximum Gasteiger partial charge on any atom is 0.255 e. The minimum Gasteiger partial charge on any atom is -0.322 e.